The normalized spacial score (nSPS) is 11.2. The third-order valence-electron chi connectivity index (χ3n) is 3.77. The van der Waals surface area contributed by atoms with E-state index in [-0.39, 0.29) is 25.3 Å². The Hall–Kier alpha value is -2.40. The summed E-state index contributed by atoms with van der Waals surface area (Å²) in [6, 6.07) is 3.66. The summed E-state index contributed by atoms with van der Waals surface area (Å²) in [4.78, 5) is 18.2. The molecule has 144 valence electrons. The lowest BCUT2D eigenvalue weighted by molar-refractivity contribution is -0.118. The van der Waals surface area contributed by atoms with Crippen molar-refractivity contribution in [2.24, 2.45) is 0 Å². The number of carbonyl (C=O) groups excluding carboxylic acids is 1. The first-order chi connectivity index (χ1) is 12.8. The Bertz CT molecular complexity index is 796. The zero-order chi connectivity index (χ0) is 19.9. The maximum atomic E-state index is 12.8. The van der Waals surface area contributed by atoms with Crippen molar-refractivity contribution in [3.63, 3.8) is 0 Å². The third-order valence-corrected chi connectivity index (χ3v) is 4.76. The first kappa shape index (κ1) is 20.9. The van der Waals surface area contributed by atoms with Crippen LogP contribution in [0, 0.1) is 19.3 Å². The Labute approximate surface area is 162 Å². The second kappa shape index (κ2) is 9.51. The summed E-state index contributed by atoms with van der Waals surface area (Å²) < 4.78 is 27.3. The summed E-state index contributed by atoms with van der Waals surface area (Å²) in [5, 5.41) is 4.43. The van der Waals surface area contributed by atoms with Crippen LogP contribution in [0.5, 0.6) is 0 Å². The average molecular weight is 392 g/mol. The highest BCUT2D eigenvalue weighted by Crippen LogP contribution is 2.23. The fourth-order valence-electron chi connectivity index (χ4n) is 2.38. The predicted octanol–water partition coefficient (Wildman–Crippen LogP) is 3.71. The van der Waals surface area contributed by atoms with Crippen LogP contribution in [0.1, 0.15) is 25.5 Å². The van der Waals surface area contributed by atoms with E-state index in [9.17, 15) is 13.6 Å². The smallest absolute Gasteiger partial charge is 0.246 e. The Morgan fingerprint density at radius 2 is 2.22 bits per heavy atom. The van der Waals surface area contributed by atoms with Crippen molar-refractivity contribution in [3.05, 3.63) is 36.4 Å². The zero-order valence-corrected chi connectivity index (χ0v) is 16.2. The number of terminal acetylenes is 1. The molecule has 2 rings (SSSR count). The number of hydrogen-bond donors (Lipinski definition) is 0. The van der Waals surface area contributed by atoms with E-state index in [1.807, 2.05) is 6.07 Å². The van der Waals surface area contributed by atoms with Crippen LogP contribution in [0.15, 0.2) is 30.7 Å². The standard InChI is InChI=1S/C19H22F2N4OS/c1-4-10-24(18(26)7-11-27-12-8-19(3,20)21)17-14-25(23-15(17)2)16-6-5-9-22-13-16/h1,5-6,9,13-14H,7-8,10-12H2,2-3H3. The van der Waals surface area contributed by atoms with E-state index < -0.39 is 5.92 Å². The first-order valence-electron chi connectivity index (χ1n) is 8.48. The molecule has 0 fully saturated rings. The van der Waals surface area contributed by atoms with Crippen LogP contribution < -0.4 is 4.90 Å². The molecule has 0 radical (unpaired) electrons. The van der Waals surface area contributed by atoms with E-state index in [1.54, 1.807) is 36.3 Å². The van der Waals surface area contributed by atoms with E-state index in [0.717, 1.165) is 12.6 Å². The number of halogens is 2. The Balaban J connectivity index is 2.03. The van der Waals surface area contributed by atoms with Gasteiger partial charge in [0.05, 0.1) is 36.0 Å². The highest BCUT2D eigenvalue weighted by molar-refractivity contribution is 7.99. The monoisotopic (exact) mass is 392 g/mol. The maximum Gasteiger partial charge on any atom is 0.246 e. The van der Waals surface area contributed by atoms with Gasteiger partial charge in [0.2, 0.25) is 11.8 Å². The van der Waals surface area contributed by atoms with Crippen LogP contribution >= 0.6 is 11.8 Å². The topological polar surface area (TPSA) is 51.0 Å². The van der Waals surface area contributed by atoms with Gasteiger partial charge >= 0.3 is 0 Å². The predicted molar refractivity (Wildman–Crippen MR) is 104 cm³/mol. The summed E-state index contributed by atoms with van der Waals surface area (Å²) in [6.07, 6.45) is 10.5. The van der Waals surface area contributed by atoms with Gasteiger partial charge in [0, 0.05) is 24.8 Å². The molecule has 0 spiro atoms. The number of carbonyl (C=O) groups is 1. The number of rotatable bonds is 9. The molecule has 0 bridgehead atoms. The van der Waals surface area contributed by atoms with Gasteiger partial charge < -0.3 is 0 Å². The summed E-state index contributed by atoms with van der Waals surface area (Å²) in [7, 11) is 0. The first-order valence-corrected chi connectivity index (χ1v) is 9.63. The van der Waals surface area contributed by atoms with Crippen molar-refractivity contribution in [2.45, 2.75) is 32.6 Å². The summed E-state index contributed by atoms with van der Waals surface area (Å²) in [6.45, 7) is 2.82. The molecule has 1 amide bonds. The van der Waals surface area contributed by atoms with Crippen LogP contribution in [-0.2, 0) is 4.79 Å². The van der Waals surface area contributed by atoms with Gasteiger partial charge in [0.1, 0.15) is 0 Å². The molecule has 0 atom stereocenters. The Morgan fingerprint density at radius 1 is 1.44 bits per heavy atom. The van der Waals surface area contributed by atoms with Gasteiger partial charge in [-0.3, -0.25) is 14.7 Å². The number of pyridine rings is 1. The van der Waals surface area contributed by atoms with E-state index in [1.165, 1.54) is 16.7 Å². The highest BCUT2D eigenvalue weighted by Gasteiger charge is 2.21. The molecule has 0 aliphatic heterocycles. The van der Waals surface area contributed by atoms with Crippen LogP contribution in [0.25, 0.3) is 5.69 Å². The fraction of sp³-hybridized carbons (Fsp3) is 0.421. The molecular formula is C19H22F2N4OS. The summed E-state index contributed by atoms with van der Waals surface area (Å²) in [5.41, 5.74) is 2.07. The van der Waals surface area contributed by atoms with E-state index in [0.29, 0.717) is 22.9 Å². The summed E-state index contributed by atoms with van der Waals surface area (Å²) >= 11 is 1.34. The van der Waals surface area contributed by atoms with Crippen molar-refractivity contribution in [2.75, 3.05) is 23.0 Å². The van der Waals surface area contributed by atoms with Crippen molar-refractivity contribution < 1.29 is 13.6 Å². The minimum Gasteiger partial charge on any atom is -0.297 e. The highest BCUT2D eigenvalue weighted by atomic mass is 32.2. The molecule has 8 heteroatoms. The van der Waals surface area contributed by atoms with Crippen LogP contribution in [0.3, 0.4) is 0 Å². The number of thioether (sulfide) groups is 1. The molecule has 2 aromatic heterocycles. The molecule has 2 heterocycles. The lowest BCUT2D eigenvalue weighted by Gasteiger charge is -2.19. The maximum absolute atomic E-state index is 12.8. The number of hydrogen-bond acceptors (Lipinski definition) is 4. The SMILES string of the molecule is C#CCN(C(=O)CCSCCC(C)(F)F)c1cn(-c2cccnc2)nc1C. The molecule has 2 aromatic rings. The largest absolute Gasteiger partial charge is 0.297 e. The van der Waals surface area contributed by atoms with Crippen molar-refractivity contribution in [1.82, 2.24) is 14.8 Å². The number of anilines is 1. The van der Waals surface area contributed by atoms with Gasteiger partial charge in [-0.1, -0.05) is 5.92 Å². The molecule has 0 saturated heterocycles. The van der Waals surface area contributed by atoms with Gasteiger partial charge in [-0.15, -0.1) is 6.42 Å². The molecule has 0 N–H and O–H groups in total. The summed E-state index contributed by atoms with van der Waals surface area (Å²) in [5.74, 6) is 0.437. The Morgan fingerprint density at radius 3 is 2.85 bits per heavy atom. The number of amides is 1. The van der Waals surface area contributed by atoms with Crippen LogP contribution in [0.4, 0.5) is 14.5 Å². The van der Waals surface area contributed by atoms with Crippen LogP contribution in [0.2, 0.25) is 0 Å². The van der Waals surface area contributed by atoms with Gasteiger partial charge in [0.25, 0.3) is 0 Å². The molecule has 0 aliphatic rings. The number of aromatic nitrogens is 3. The fourth-order valence-corrected chi connectivity index (χ4v) is 3.41. The average Bonchev–Trinajstić information content (AvgIpc) is 3.00. The molecule has 0 aromatic carbocycles. The minimum atomic E-state index is -2.68. The van der Waals surface area contributed by atoms with Crippen molar-refractivity contribution >= 4 is 23.4 Å². The quantitative estimate of drug-likeness (QED) is 0.482. The second-order valence-electron chi connectivity index (χ2n) is 6.12. The van der Waals surface area contributed by atoms with Gasteiger partial charge in [-0.25, -0.2) is 13.5 Å². The van der Waals surface area contributed by atoms with Crippen molar-refractivity contribution in [1.29, 1.82) is 0 Å². The van der Waals surface area contributed by atoms with Crippen LogP contribution in [-0.4, -0.2) is 44.6 Å². The number of alkyl halides is 2. The number of nitrogens with zero attached hydrogens (tertiary/aromatic N) is 4. The van der Waals surface area contributed by atoms with Crippen molar-refractivity contribution in [3.8, 4) is 18.0 Å². The molecule has 0 saturated carbocycles. The van der Waals surface area contributed by atoms with Gasteiger partial charge in [-0.2, -0.15) is 16.9 Å². The molecule has 0 unspecified atom stereocenters. The van der Waals surface area contributed by atoms with E-state index >= 15 is 0 Å². The second-order valence-corrected chi connectivity index (χ2v) is 7.35. The van der Waals surface area contributed by atoms with E-state index in [4.69, 9.17) is 6.42 Å². The molecule has 27 heavy (non-hydrogen) atoms. The molecular weight excluding hydrogens is 370 g/mol. The minimum absolute atomic E-state index is 0.121. The molecule has 0 aliphatic carbocycles. The number of aryl methyl sites for hydroxylation is 1. The molecule has 5 nitrogen and oxygen atoms in total. The van der Waals surface area contributed by atoms with Gasteiger partial charge in [-0.05, 0) is 31.7 Å². The lowest BCUT2D eigenvalue weighted by atomic mass is 10.3. The zero-order valence-electron chi connectivity index (χ0n) is 15.4. The van der Waals surface area contributed by atoms with Gasteiger partial charge in [0.15, 0.2) is 0 Å². The lowest BCUT2D eigenvalue weighted by Crippen LogP contribution is -2.31. The third kappa shape index (κ3) is 6.36. The Kier molecular flexibility index (Phi) is 7.36. The van der Waals surface area contributed by atoms with E-state index in [2.05, 4.69) is 16.0 Å².